The Labute approximate surface area is 113 Å². The number of aromatic nitrogens is 1. The number of fused-ring (bicyclic) bond motifs is 1. The van der Waals surface area contributed by atoms with Gasteiger partial charge in [-0.2, -0.15) is 0 Å². The number of carbonyl (C=O) groups excluding carboxylic acids is 2. The van der Waals surface area contributed by atoms with Crippen LogP contribution in [0.2, 0.25) is 0 Å². The van der Waals surface area contributed by atoms with Crippen LogP contribution in [0.3, 0.4) is 0 Å². The first kappa shape index (κ1) is 13.8. The zero-order valence-electron chi connectivity index (χ0n) is 12.1. The Morgan fingerprint density at radius 3 is 2.53 bits per heavy atom. The van der Waals surface area contributed by atoms with E-state index in [4.69, 9.17) is 5.73 Å². The standard InChI is InChI=1S/C15H22N2O2/c1-14(2)6-5-10(18)11-9(13(16)19)7-17-12(11)15(3,4)8-14/h7,17H,5-6,8H2,1-4H3,(H2,16,19). The summed E-state index contributed by atoms with van der Waals surface area (Å²) in [5.74, 6) is -0.521. The minimum atomic E-state index is -0.540. The van der Waals surface area contributed by atoms with Crippen molar-refractivity contribution in [2.75, 3.05) is 0 Å². The van der Waals surface area contributed by atoms with Crippen molar-refractivity contribution < 1.29 is 9.59 Å². The molecule has 104 valence electrons. The minimum absolute atomic E-state index is 0.0194. The molecular formula is C15H22N2O2. The quantitative estimate of drug-likeness (QED) is 0.816. The smallest absolute Gasteiger partial charge is 0.250 e. The van der Waals surface area contributed by atoms with E-state index >= 15 is 0 Å². The third kappa shape index (κ3) is 2.44. The maximum Gasteiger partial charge on any atom is 0.250 e. The van der Waals surface area contributed by atoms with Crippen LogP contribution in [0.15, 0.2) is 6.20 Å². The summed E-state index contributed by atoms with van der Waals surface area (Å²) < 4.78 is 0. The van der Waals surface area contributed by atoms with Crippen molar-refractivity contribution in [2.45, 2.75) is 52.4 Å². The number of carbonyl (C=O) groups is 2. The summed E-state index contributed by atoms with van der Waals surface area (Å²) >= 11 is 0. The molecule has 0 bridgehead atoms. The molecular weight excluding hydrogens is 240 g/mol. The van der Waals surface area contributed by atoms with Crippen LogP contribution in [0.25, 0.3) is 0 Å². The van der Waals surface area contributed by atoms with E-state index in [2.05, 4.69) is 32.7 Å². The topological polar surface area (TPSA) is 76.0 Å². The number of nitrogens with one attached hydrogen (secondary N) is 1. The number of primary amides is 1. The molecule has 19 heavy (non-hydrogen) atoms. The second kappa shape index (κ2) is 4.22. The van der Waals surface area contributed by atoms with Gasteiger partial charge < -0.3 is 10.7 Å². The first-order chi connectivity index (χ1) is 8.64. The summed E-state index contributed by atoms with van der Waals surface area (Å²) in [6, 6.07) is 0. The van der Waals surface area contributed by atoms with E-state index in [1.165, 1.54) is 0 Å². The molecule has 1 heterocycles. The molecule has 0 atom stereocenters. The van der Waals surface area contributed by atoms with Gasteiger partial charge in [0.05, 0.1) is 11.1 Å². The van der Waals surface area contributed by atoms with Crippen molar-refractivity contribution >= 4 is 11.7 Å². The van der Waals surface area contributed by atoms with E-state index < -0.39 is 5.91 Å². The Bertz CT molecular complexity index is 538. The summed E-state index contributed by atoms with van der Waals surface area (Å²) in [5.41, 5.74) is 6.97. The molecule has 0 saturated heterocycles. The highest BCUT2D eigenvalue weighted by Gasteiger charge is 2.38. The first-order valence-electron chi connectivity index (χ1n) is 6.69. The number of ketones is 1. The predicted molar refractivity (Wildman–Crippen MR) is 74.3 cm³/mol. The van der Waals surface area contributed by atoms with Gasteiger partial charge in [-0.15, -0.1) is 0 Å². The van der Waals surface area contributed by atoms with E-state index in [-0.39, 0.29) is 16.6 Å². The average molecular weight is 262 g/mol. The molecule has 0 fully saturated rings. The van der Waals surface area contributed by atoms with Crippen LogP contribution in [0, 0.1) is 5.41 Å². The van der Waals surface area contributed by atoms with Gasteiger partial charge in [0.15, 0.2) is 5.78 Å². The fraction of sp³-hybridized carbons (Fsp3) is 0.600. The summed E-state index contributed by atoms with van der Waals surface area (Å²) in [5, 5.41) is 0. The zero-order valence-corrected chi connectivity index (χ0v) is 12.1. The van der Waals surface area contributed by atoms with Gasteiger partial charge in [0.25, 0.3) is 5.91 Å². The Morgan fingerprint density at radius 2 is 1.95 bits per heavy atom. The maximum absolute atomic E-state index is 12.4. The van der Waals surface area contributed by atoms with Crippen molar-refractivity contribution in [1.29, 1.82) is 0 Å². The van der Waals surface area contributed by atoms with Crippen molar-refractivity contribution in [3.8, 4) is 0 Å². The molecule has 0 spiro atoms. The summed E-state index contributed by atoms with van der Waals surface area (Å²) in [7, 11) is 0. The Balaban J connectivity index is 2.61. The lowest BCUT2D eigenvalue weighted by molar-refractivity contribution is 0.0924. The molecule has 1 aliphatic rings. The SMILES string of the molecule is CC1(C)CCC(=O)c2c(C(N)=O)c[nH]c2C(C)(C)C1. The molecule has 4 nitrogen and oxygen atoms in total. The molecule has 2 rings (SSSR count). The largest absolute Gasteiger partial charge is 0.366 e. The Hall–Kier alpha value is -1.58. The molecule has 0 radical (unpaired) electrons. The van der Waals surface area contributed by atoms with Crippen LogP contribution < -0.4 is 5.73 Å². The van der Waals surface area contributed by atoms with Crippen LogP contribution in [-0.4, -0.2) is 16.7 Å². The van der Waals surface area contributed by atoms with Crippen LogP contribution >= 0.6 is 0 Å². The highest BCUT2D eigenvalue weighted by molar-refractivity contribution is 6.08. The average Bonchev–Trinajstić information content (AvgIpc) is 2.68. The second-order valence-electron chi connectivity index (χ2n) is 6.96. The van der Waals surface area contributed by atoms with Gasteiger partial charge in [-0.3, -0.25) is 9.59 Å². The van der Waals surface area contributed by atoms with Crippen LogP contribution in [-0.2, 0) is 5.41 Å². The minimum Gasteiger partial charge on any atom is -0.366 e. The Kier molecular flexibility index (Phi) is 3.07. The molecule has 0 unspecified atom stereocenters. The van der Waals surface area contributed by atoms with Crippen LogP contribution in [0.1, 0.15) is 73.4 Å². The number of H-pyrrole nitrogens is 1. The van der Waals surface area contributed by atoms with Crippen molar-refractivity contribution in [1.82, 2.24) is 4.98 Å². The summed E-state index contributed by atoms with van der Waals surface area (Å²) in [4.78, 5) is 27.0. The number of amides is 1. The van der Waals surface area contributed by atoms with E-state index in [0.29, 0.717) is 17.5 Å². The molecule has 0 aliphatic heterocycles. The highest BCUT2D eigenvalue weighted by atomic mass is 16.1. The number of aromatic amines is 1. The maximum atomic E-state index is 12.4. The third-order valence-corrected chi connectivity index (χ3v) is 4.05. The number of rotatable bonds is 1. The summed E-state index contributed by atoms with van der Waals surface area (Å²) in [6.45, 7) is 8.58. The molecule has 1 aliphatic carbocycles. The number of hydrogen-bond acceptors (Lipinski definition) is 2. The molecule has 3 N–H and O–H groups in total. The summed E-state index contributed by atoms with van der Waals surface area (Å²) in [6.07, 6.45) is 3.83. The molecule has 1 amide bonds. The van der Waals surface area contributed by atoms with Gasteiger partial charge in [-0.1, -0.05) is 27.7 Å². The van der Waals surface area contributed by atoms with E-state index in [0.717, 1.165) is 18.5 Å². The molecule has 0 aromatic carbocycles. The number of hydrogen-bond donors (Lipinski definition) is 2. The third-order valence-electron chi connectivity index (χ3n) is 4.05. The first-order valence-corrected chi connectivity index (χ1v) is 6.69. The number of Topliss-reactive ketones (excluding diaryl/α,β-unsaturated/α-hetero) is 1. The van der Waals surface area contributed by atoms with E-state index in [9.17, 15) is 9.59 Å². The molecule has 4 heteroatoms. The van der Waals surface area contributed by atoms with E-state index in [1.54, 1.807) is 6.20 Å². The fourth-order valence-electron chi connectivity index (χ4n) is 3.39. The number of nitrogens with two attached hydrogens (primary N) is 1. The van der Waals surface area contributed by atoms with Gasteiger partial charge >= 0.3 is 0 Å². The second-order valence-corrected chi connectivity index (χ2v) is 6.96. The lowest BCUT2D eigenvalue weighted by atomic mass is 9.68. The lowest BCUT2D eigenvalue weighted by Gasteiger charge is -2.37. The van der Waals surface area contributed by atoms with Crippen LogP contribution in [0.4, 0.5) is 0 Å². The zero-order chi connectivity index (χ0) is 14.4. The van der Waals surface area contributed by atoms with Crippen molar-refractivity contribution in [3.63, 3.8) is 0 Å². The van der Waals surface area contributed by atoms with Gasteiger partial charge in [0, 0.05) is 23.7 Å². The molecule has 0 saturated carbocycles. The van der Waals surface area contributed by atoms with Crippen LogP contribution in [0.5, 0.6) is 0 Å². The van der Waals surface area contributed by atoms with Gasteiger partial charge in [0.1, 0.15) is 0 Å². The van der Waals surface area contributed by atoms with Crippen molar-refractivity contribution in [3.05, 3.63) is 23.0 Å². The van der Waals surface area contributed by atoms with Gasteiger partial charge in [-0.05, 0) is 18.3 Å². The molecule has 1 aromatic rings. The fourth-order valence-corrected chi connectivity index (χ4v) is 3.39. The monoisotopic (exact) mass is 262 g/mol. The normalized spacial score (nSPS) is 21.4. The Morgan fingerprint density at radius 1 is 1.32 bits per heavy atom. The lowest BCUT2D eigenvalue weighted by Crippen LogP contribution is -2.32. The highest BCUT2D eigenvalue weighted by Crippen LogP contribution is 2.43. The predicted octanol–water partition coefficient (Wildman–Crippen LogP) is 2.78. The van der Waals surface area contributed by atoms with Gasteiger partial charge in [-0.25, -0.2) is 0 Å². The molecule has 1 aromatic heterocycles. The van der Waals surface area contributed by atoms with E-state index in [1.807, 2.05) is 0 Å². The van der Waals surface area contributed by atoms with Gasteiger partial charge in [0.2, 0.25) is 0 Å². The van der Waals surface area contributed by atoms with Crippen molar-refractivity contribution in [2.24, 2.45) is 11.1 Å².